The summed E-state index contributed by atoms with van der Waals surface area (Å²) in [6.45, 7) is 4.26. The Morgan fingerprint density at radius 1 is 1.00 bits per heavy atom. The Hall–Kier alpha value is -2.88. The minimum Gasteiger partial charge on any atom is -0.497 e. The molecule has 1 N–H and O–H groups in total. The monoisotopic (exact) mass is 320 g/mol. The number of ether oxygens (including phenoxy) is 1. The second kappa shape index (κ2) is 5.06. The van der Waals surface area contributed by atoms with Crippen LogP contribution in [0.1, 0.15) is 11.3 Å². The van der Waals surface area contributed by atoms with E-state index < -0.39 is 0 Å². The molecule has 0 unspecified atom stereocenters. The van der Waals surface area contributed by atoms with Crippen molar-refractivity contribution < 1.29 is 9.84 Å². The van der Waals surface area contributed by atoms with Crippen molar-refractivity contribution in [3.8, 4) is 17.3 Å². The van der Waals surface area contributed by atoms with E-state index in [4.69, 9.17) is 4.74 Å². The molecule has 24 heavy (non-hydrogen) atoms. The van der Waals surface area contributed by atoms with Crippen LogP contribution in [0, 0.1) is 13.8 Å². The molecule has 2 heterocycles. The van der Waals surface area contributed by atoms with Crippen LogP contribution in [-0.4, -0.2) is 21.4 Å². The maximum Gasteiger partial charge on any atom is 0.203 e. The third-order valence-corrected chi connectivity index (χ3v) is 5.07. The Labute approximate surface area is 140 Å². The summed E-state index contributed by atoms with van der Waals surface area (Å²) < 4.78 is 9.28. The maximum atomic E-state index is 10.7. The van der Waals surface area contributed by atoms with Crippen molar-refractivity contribution in [2.75, 3.05) is 7.11 Å². The molecule has 4 aromatic rings. The Morgan fingerprint density at radius 2 is 1.79 bits per heavy atom. The van der Waals surface area contributed by atoms with Crippen LogP contribution in [-0.2, 0) is 7.05 Å². The first-order chi connectivity index (χ1) is 11.5. The lowest BCUT2D eigenvalue weighted by Gasteiger charge is -2.06. The van der Waals surface area contributed by atoms with Crippen LogP contribution in [0.5, 0.6) is 11.6 Å². The Morgan fingerprint density at radius 3 is 2.54 bits per heavy atom. The van der Waals surface area contributed by atoms with Gasteiger partial charge in [0.15, 0.2) is 0 Å². The Kier molecular flexibility index (Phi) is 3.10. The second-order valence-electron chi connectivity index (χ2n) is 6.25. The van der Waals surface area contributed by atoms with Crippen LogP contribution in [0.2, 0.25) is 0 Å². The average molecular weight is 320 g/mol. The smallest absolute Gasteiger partial charge is 0.203 e. The number of rotatable bonds is 2. The van der Waals surface area contributed by atoms with E-state index >= 15 is 0 Å². The van der Waals surface area contributed by atoms with Gasteiger partial charge in [0.1, 0.15) is 5.75 Å². The molecule has 0 saturated heterocycles. The lowest BCUT2D eigenvalue weighted by molar-refractivity contribution is 0.414. The molecule has 122 valence electrons. The van der Waals surface area contributed by atoms with Gasteiger partial charge in [-0.05, 0) is 55.8 Å². The summed E-state index contributed by atoms with van der Waals surface area (Å²) in [6, 6.07) is 12.0. The molecule has 0 aliphatic rings. The van der Waals surface area contributed by atoms with E-state index in [1.54, 1.807) is 7.11 Å². The van der Waals surface area contributed by atoms with E-state index in [1.807, 2.05) is 35.0 Å². The summed E-state index contributed by atoms with van der Waals surface area (Å²) in [4.78, 5) is 0. The van der Waals surface area contributed by atoms with Crippen molar-refractivity contribution >= 4 is 21.7 Å². The standard InChI is InChI=1S/C20H20N2O2/c1-12-13(2)21(3)19-8-6-15(9-17(12)19)22-11-14-5-7-16(24-4)10-18(14)20(22)23/h5-11,23H,1-4H3. The molecule has 0 bridgehead atoms. The quantitative estimate of drug-likeness (QED) is 0.592. The molecule has 0 aliphatic carbocycles. The predicted octanol–water partition coefficient (Wildman–Crippen LogP) is 4.45. The first-order valence-electron chi connectivity index (χ1n) is 7.95. The summed E-state index contributed by atoms with van der Waals surface area (Å²) in [7, 11) is 3.71. The van der Waals surface area contributed by atoms with Crippen molar-refractivity contribution in [2.45, 2.75) is 13.8 Å². The molecule has 2 aromatic carbocycles. The van der Waals surface area contributed by atoms with Gasteiger partial charge < -0.3 is 14.4 Å². The number of aromatic hydroxyl groups is 1. The number of aromatic nitrogens is 2. The number of nitrogens with zero attached hydrogens (tertiary/aromatic N) is 2. The summed E-state index contributed by atoms with van der Waals surface area (Å²) >= 11 is 0. The van der Waals surface area contributed by atoms with E-state index in [2.05, 4.69) is 37.6 Å². The number of fused-ring (bicyclic) bond motifs is 2. The lowest BCUT2D eigenvalue weighted by Crippen LogP contribution is -1.92. The third-order valence-electron chi connectivity index (χ3n) is 5.07. The highest BCUT2D eigenvalue weighted by Crippen LogP contribution is 2.34. The molecule has 0 radical (unpaired) electrons. The molecular formula is C20H20N2O2. The highest BCUT2D eigenvalue weighted by Gasteiger charge is 2.13. The topological polar surface area (TPSA) is 39.3 Å². The lowest BCUT2D eigenvalue weighted by atomic mass is 10.1. The third kappa shape index (κ3) is 1.92. The molecule has 0 amide bonds. The zero-order valence-electron chi connectivity index (χ0n) is 14.3. The summed E-state index contributed by atoms with van der Waals surface area (Å²) in [6.07, 6.45) is 1.95. The van der Waals surface area contributed by atoms with Crippen LogP contribution in [0.4, 0.5) is 0 Å². The number of aryl methyl sites for hydroxylation is 2. The van der Waals surface area contributed by atoms with Crippen molar-refractivity contribution in [1.29, 1.82) is 0 Å². The SMILES string of the molecule is COc1ccc2cn(-c3ccc4c(c3)c(C)c(C)n4C)c(O)c2c1. The number of hydrogen-bond acceptors (Lipinski definition) is 2. The van der Waals surface area contributed by atoms with Gasteiger partial charge in [0, 0.05) is 46.3 Å². The molecule has 4 nitrogen and oxygen atoms in total. The van der Waals surface area contributed by atoms with Gasteiger partial charge in [-0.3, -0.25) is 4.57 Å². The minimum atomic E-state index is 0.230. The van der Waals surface area contributed by atoms with E-state index in [1.165, 1.54) is 22.2 Å². The minimum absolute atomic E-state index is 0.230. The first kappa shape index (κ1) is 14.7. The summed E-state index contributed by atoms with van der Waals surface area (Å²) in [5.41, 5.74) is 4.68. The molecule has 0 atom stereocenters. The zero-order valence-corrected chi connectivity index (χ0v) is 14.3. The number of benzene rings is 2. The fraction of sp³-hybridized carbons (Fsp3) is 0.200. The molecule has 0 spiro atoms. The van der Waals surface area contributed by atoms with E-state index in [-0.39, 0.29) is 5.88 Å². The van der Waals surface area contributed by atoms with Crippen LogP contribution in [0.3, 0.4) is 0 Å². The fourth-order valence-corrected chi connectivity index (χ4v) is 3.39. The zero-order chi connectivity index (χ0) is 17.0. The van der Waals surface area contributed by atoms with Crippen molar-refractivity contribution in [1.82, 2.24) is 9.13 Å². The van der Waals surface area contributed by atoms with Gasteiger partial charge in [-0.25, -0.2) is 0 Å². The first-order valence-corrected chi connectivity index (χ1v) is 7.95. The molecule has 2 aromatic heterocycles. The molecule has 0 saturated carbocycles. The van der Waals surface area contributed by atoms with Gasteiger partial charge in [0.2, 0.25) is 5.88 Å². The van der Waals surface area contributed by atoms with Gasteiger partial charge >= 0.3 is 0 Å². The second-order valence-corrected chi connectivity index (χ2v) is 6.25. The van der Waals surface area contributed by atoms with E-state index in [0.717, 1.165) is 22.2 Å². The van der Waals surface area contributed by atoms with Crippen molar-refractivity contribution in [2.24, 2.45) is 7.05 Å². The van der Waals surface area contributed by atoms with Crippen molar-refractivity contribution in [3.05, 3.63) is 53.9 Å². The van der Waals surface area contributed by atoms with Crippen LogP contribution < -0.4 is 4.74 Å². The van der Waals surface area contributed by atoms with Gasteiger partial charge in [-0.15, -0.1) is 0 Å². The fourth-order valence-electron chi connectivity index (χ4n) is 3.39. The molecule has 4 rings (SSSR count). The predicted molar refractivity (Wildman–Crippen MR) is 97.4 cm³/mol. The normalized spacial score (nSPS) is 11.5. The number of hydrogen-bond donors (Lipinski definition) is 1. The highest BCUT2D eigenvalue weighted by atomic mass is 16.5. The van der Waals surface area contributed by atoms with Gasteiger partial charge in [-0.2, -0.15) is 0 Å². The molecule has 4 heteroatoms. The van der Waals surface area contributed by atoms with Gasteiger partial charge in [0.25, 0.3) is 0 Å². The number of methoxy groups -OCH3 is 1. The van der Waals surface area contributed by atoms with Gasteiger partial charge in [-0.1, -0.05) is 0 Å². The van der Waals surface area contributed by atoms with E-state index in [0.29, 0.717) is 0 Å². The molecule has 0 aliphatic heterocycles. The van der Waals surface area contributed by atoms with Gasteiger partial charge in [0.05, 0.1) is 7.11 Å². The average Bonchev–Trinajstić information content (AvgIpc) is 3.05. The molecular weight excluding hydrogens is 300 g/mol. The summed E-state index contributed by atoms with van der Waals surface area (Å²) in [5, 5.41) is 13.6. The maximum absolute atomic E-state index is 10.7. The van der Waals surface area contributed by atoms with Crippen LogP contribution >= 0.6 is 0 Å². The Balaban J connectivity index is 1.95. The van der Waals surface area contributed by atoms with Crippen LogP contribution in [0.25, 0.3) is 27.4 Å². The summed E-state index contributed by atoms with van der Waals surface area (Å²) in [5.74, 6) is 0.967. The largest absolute Gasteiger partial charge is 0.497 e. The van der Waals surface area contributed by atoms with Crippen LogP contribution in [0.15, 0.2) is 42.6 Å². The van der Waals surface area contributed by atoms with E-state index in [9.17, 15) is 5.11 Å². The molecule has 0 fully saturated rings. The highest BCUT2D eigenvalue weighted by molar-refractivity contribution is 5.91. The van der Waals surface area contributed by atoms with Crippen molar-refractivity contribution in [3.63, 3.8) is 0 Å². The Bertz CT molecular complexity index is 1090.